The van der Waals surface area contributed by atoms with Gasteiger partial charge < -0.3 is 15.4 Å². The molecule has 1 aromatic heterocycles. The standard InChI is InChI=1S/C16H30N6O.HI/c1-4-17-16(18-12-14-7-8-20-21(14)2)19-13-15-6-5-9-22(15)10-11-23-3;/h7-8,15H,4-6,9-13H2,1-3H3,(H2,17,18,19);1H. The fraction of sp³-hybridized carbons (Fsp3) is 0.750. The molecule has 24 heavy (non-hydrogen) atoms. The molecule has 2 N–H and O–H groups in total. The summed E-state index contributed by atoms with van der Waals surface area (Å²) >= 11 is 0. The van der Waals surface area contributed by atoms with Gasteiger partial charge in [0.2, 0.25) is 0 Å². The second-order valence-electron chi connectivity index (χ2n) is 5.85. The monoisotopic (exact) mass is 450 g/mol. The van der Waals surface area contributed by atoms with Crippen LogP contribution in [-0.4, -0.2) is 66.6 Å². The summed E-state index contributed by atoms with van der Waals surface area (Å²) in [6.45, 7) is 7.46. The van der Waals surface area contributed by atoms with Crippen LogP contribution in [0.3, 0.4) is 0 Å². The predicted molar refractivity (Wildman–Crippen MR) is 108 cm³/mol. The minimum absolute atomic E-state index is 0. The largest absolute Gasteiger partial charge is 0.383 e. The first-order valence-corrected chi connectivity index (χ1v) is 8.46. The summed E-state index contributed by atoms with van der Waals surface area (Å²) in [4.78, 5) is 7.16. The van der Waals surface area contributed by atoms with Gasteiger partial charge in [-0.15, -0.1) is 24.0 Å². The average molecular weight is 450 g/mol. The highest BCUT2D eigenvalue weighted by Crippen LogP contribution is 2.15. The van der Waals surface area contributed by atoms with Crippen LogP contribution in [0.2, 0.25) is 0 Å². The molecule has 1 unspecified atom stereocenters. The third-order valence-corrected chi connectivity index (χ3v) is 4.25. The van der Waals surface area contributed by atoms with E-state index in [0.29, 0.717) is 12.6 Å². The van der Waals surface area contributed by atoms with Crippen LogP contribution in [0, 0.1) is 0 Å². The maximum Gasteiger partial charge on any atom is 0.191 e. The molecule has 7 nitrogen and oxygen atoms in total. The number of aliphatic imine (C=N–C) groups is 1. The molecular weight excluding hydrogens is 419 g/mol. The maximum absolute atomic E-state index is 5.20. The molecule has 1 aliphatic heterocycles. The van der Waals surface area contributed by atoms with E-state index < -0.39 is 0 Å². The molecular formula is C16H31IN6O. The van der Waals surface area contributed by atoms with Crippen molar-refractivity contribution >= 4 is 29.9 Å². The van der Waals surface area contributed by atoms with Crippen LogP contribution >= 0.6 is 24.0 Å². The van der Waals surface area contributed by atoms with E-state index in [1.165, 1.54) is 19.4 Å². The van der Waals surface area contributed by atoms with E-state index in [1.807, 2.05) is 17.8 Å². The number of halogens is 1. The number of aryl methyl sites for hydroxylation is 1. The molecule has 0 amide bonds. The number of hydrogen-bond donors (Lipinski definition) is 2. The molecule has 1 fully saturated rings. The van der Waals surface area contributed by atoms with Crippen LogP contribution in [-0.2, 0) is 18.3 Å². The Morgan fingerprint density at radius 2 is 2.29 bits per heavy atom. The number of hydrogen-bond acceptors (Lipinski definition) is 4. The Morgan fingerprint density at radius 1 is 1.46 bits per heavy atom. The highest BCUT2D eigenvalue weighted by molar-refractivity contribution is 14.0. The SMILES string of the molecule is CCNC(=NCc1ccnn1C)NCC1CCCN1CCOC.I. The van der Waals surface area contributed by atoms with Gasteiger partial charge in [0, 0.05) is 46.0 Å². The molecule has 1 saturated heterocycles. The van der Waals surface area contributed by atoms with Crippen molar-refractivity contribution in [2.75, 3.05) is 39.9 Å². The zero-order chi connectivity index (χ0) is 16.5. The number of guanidine groups is 1. The van der Waals surface area contributed by atoms with Crippen LogP contribution in [0.15, 0.2) is 17.3 Å². The van der Waals surface area contributed by atoms with E-state index in [4.69, 9.17) is 4.74 Å². The normalized spacial score (nSPS) is 18.5. The molecule has 0 bridgehead atoms. The Hall–Kier alpha value is -0.870. The summed E-state index contributed by atoms with van der Waals surface area (Å²) in [5.74, 6) is 0.868. The zero-order valence-corrected chi connectivity index (χ0v) is 17.3. The number of likely N-dealkylation sites (tertiary alicyclic amines) is 1. The molecule has 0 spiro atoms. The highest BCUT2D eigenvalue weighted by Gasteiger charge is 2.23. The van der Waals surface area contributed by atoms with Crippen molar-refractivity contribution in [3.05, 3.63) is 18.0 Å². The lowest BCUT2D eigenvalue weighted by Gasteiger charge is -2.25. The Bertz CT molecular complexity index is 493. The van der Waals surface area contributed by atoms with E-state index in [1.54, 1.807) is 13.3 Å². The fourth-order valence-corrected chi connectivity index (χ4v) is 2.90. The van der Waals surface area contributed by atoms with Gasteiger partial charge in [0.15, 0.2) is 5.96 Å². The van der Waals surface area contributed by atoms with Crippen molar-refractivity contribution in [1.29, 1.82) is 0 Å². The quantitative estimate of drug-likeness (QED) is 0.354. The Labute approximate surface area is 162 Å². The Balaban J connectivity index is 0.00000288. The number of aromatic nitrogens is 2. The average Bonchev–Trinajstić information content (AvgIpc) is 3.17. The third kappa shape index (κ3) is 6.56. The van der Waals surface area contributed by atoms with E-state index in [9.17, 15) is 0 Å². The van der Waals surface area contributed by atoms with E-state index >= 15 is 0 Å². The van der Waals surface area contributed by atoms with Gasteiger partial charge in [0.05, 0.1) is 18.8 Å². The molecule has 0 radical (unpaired) electrons. The van der Waals surface area contributed by atoms with E-state index in [-0.39, 0.29) is 24.0 Å². The van der Waals surface area contributed by atoms with Crippen molar-refractivity contribution in [1.82, 2.24) is 25.3 Å². The van der Waals surface area contributed by atoms with Gasteiger partial charge >= 0.3 is 0 Å². The number of rotatable bonds is 8. The van der Waals surface area contributed by atoms with Crippen LogP contribution in [0.1, 0.15) is 25.5 Å². The van der Waals surface area contributed by atoms with Gasteiger partial charge in [-0.2, -0.15) is 5.10 Å². The fourth-order valence-electron chi connectivity index (χ4n) is 2.90. The molecule has 1 aromatic rings. The second-order valence-corrected chi connectivity index (χ2v) is 5.85. The molecule has 0 saturated carbocycles. The van der Waals surface area contributed by atoms with Crippen LogP contribution in [0.5, 0.6) is 0 Å². The van der Waals surface area contributed by atoms with Crippen molar-refractivity contribution < 1.29 is 4.74 Å². The maximum atomic E-state index is 5.20. The molecule has 2 heterocycles. The summed E-state index contributed by atoms with van der Waals surface area (Å²) in [6, 6.07) is 2.56. The first-order chi connectivity index (χ1) is 11.2. The van der Waals surface area contributed by atoms with Crippen molar-refractivity contribution in [3.63, 3.8) is 0 Å². The van der Waals surface area contributed by atoms with Gasteiger partial charge in [-0.3, -0.25) is 9.58 Å². The topological polar surface area (TPSA) is 66.7 Å². The molecule has 1 aliphatic rings. The minimum Gasteiger partial charge on any atom is -0.383 e. The summed E-state index contributed by atoms with van der Waals surface area (Å²) in [5, 5.41) is 11.0. The first kappa shape index (κ1) is 21.2. The lowest BCUT2D eigenvalue weighted by Crippen LogP contribution is -2.45. The van der Waals surface area contributed by atoms with Crippen molar-refractivity contribution in [3.8, 4) is 0 Å². The summed E-state index contributed by atoms with van der Waals surface area (Å²) in [7, 11) is 3.70. The van der Waals surface area contributed by atoms with Crippen LogP contribution < -0.4 is 10.6 Å². The van der Waals surface area contributed by atoms with Gasteiger partial charge in [-0.1, -0.05) is 0 Å². The van der Waals surface area contributed by atoms with Gasteiger partial charge in [0.1, 0.15) is 0 Å². The minimum atomic E-state index is 0. The molecule has 0 aliphatic carbocycles. The molecule has 2 rings (SSSR count). The Kier molecular flexibility index (Phi) is 10.3. The number of nitrogens with one attached hydrogen (secondary N) is 2. The zero-order valence-electron chi connectivity index (χ0n) is 15.0. The summed E-state index contributed by atoms with van der Waals surface area (Å²) in [6.07, 6.45) is 4.30. The second kappa shape index (κ2) is 11.6. The van der Waals surface area contributed by atoms with Gasteiger partial charge in [-0.25, -0.2) is 4.99 Å². The lowest BCUT2D eigenvalue weighted by molar-refractivity contribution is 0.141. The van der Waals surface area contributed by atoms with Crippen LogP contribution in [0.4, 0.5) is 0 Å². The summed E-state index contributed by atoms with van der Waals surface area (Å²) in [5.41, 5.74) is 1.10. The predicted octanol–water partition coefficient (Wildman–Crippen LogP) is 1.20. The molecule has 1 atom stereocenters. The van der Waals surface area contributed by atoms with Gasteiger partial charge in [-0.05, 0) is 32.4 Å². The van der Waals surface area contributed by atoms with E-state index in [2.05, 4.69) is 32.5 Å². The smallest absolute Gasteiger partial charge is 0.191 e. The number of methoxy groups -OCH3 is 1. The van der Waals surface area contributed by atoms with Crippen molar-refractivity contribution in [2.24, 2.45) is 12.0 Å². The van der Waals surface area contributed by atoms with Crippen molar-refractivity contribution in [2.45, 2.75) is 32.4 Å². The highest BCUT2D eigenvalue weighted by atomic mass is 127. The molecule has 8 heteroatoms. The molecule has 0 aromatic carbocycles. The molecule has 138 valence electrons. The van der Waals surface area contributed by atoms with E-state index in [0.717, 1.165) is 37.9 Å². The summed E-state index contributed by atoms with van der Waals surface area (Å²) < 4.78 is 7.06. The third-order valence-electron chi connectivity index (χ3n) is 4.25. The van der Waals surface area contributed by atoms with Gasteiger partial charge in [0.25, 0.3) is 0 Å². The number of ether oxygens (including phenoxy) is 1. The number of nitrogens with zero attached hydrogens (tertiary/aromatic N) is 4. The van der Waals surface area contributed by atoms with Crippen LogP contribution in [0.25, 0.3) is 0 Å². The Morgan fingerprint density at radius 3 is 2.96 bits per heavy atom. The lowest BCUT2D eigenvalue weighted by atomic mass is 10.2. The first-order valence-electron chi connectivity index (χ1n) is 8.46.